The van der Waals surface area contributed by atoms with Crippen molar-refractivity contribution in [3.8, 4) is 0 Å². The molecule has 4 N–H and O–H groups in total. The van der Waals surface area contributed by atoms with Gasteiger partial charge in [-0.1, -0.05) is 0 Å². The van der Waals surface area contributed by atoms with Gasteiger partial charge in [-0.25, -0.2) is 0 Å². The van der Waals surface area contributed by atoms with Gasteiger partial charge in [0, 0.05) is 13.1 Å². The van der Waals surface area contributed by atoms with Crippen LogP contribution in [-0.2, 0) is 19.2 Å². The van der Waals surface area contributed by atoms with E-state index in [-0.39, 0.29) is 13.1 Å². The lowest BCUT2D eigenvalue weighted by atomic mass is 10.1. The molecule has 1 rings (SSSR count). The molecule has 0 radical (unpaired) electrons. The first-order chi connectivity index (χ1) is 11.3. The van der Waals surface area contributed by atoms with Gasteiger partial charge >= 0.3 is 11.8 Å². The lowest BCUT2D eigenvalue weighted by Gasteiger charge is -2.33. The minimum absolute atomic E-state index is 0.0443. The molecule has 0 aliphatic carbocycles. The van der Waals surface area contributed by atoms with Crippen LogP contribution in [0.1, 0.15) is 12.8 Å². The van der Waals surface area contributed by atoms with Crippen molar-refractivity contribution in [1.29, 1.82) is 0 Å². The van der Waals surface area contributed by atoms with Crippen LogP contribution in [0.15, 0.2) is 0 Å². The third-order valence-electron chi connectivity index (χ3n) is 3.65. The van der Waals surface area contributed by atoms with Gasteiger partial charge < -0.3 is 11.5 Å². The average Bonchev–Trinajstić information content (AvgIpc) is 2.58. The molecule has 1 fully saturated rings. The van der Waals surface area contributed by atoms with Gasteiger partial charge in [-0.05, 0) is 36.9 Å². The summed E-state index contributed by atoms with van der Waals surface area (Å²) in [6.45, 7) is -0.0886. The summed E-state index contributed by atoms with van der Waals surface area (Å²) in [4.78, 5) is 50.4. The number of thioether (sulfide) groups is 2. The molecule has 24 heavy (non-hydrogen) atoms. The van der Waals surface area contributed by atoms with Crippen molar-refractivity contribution in [2.75, 3.05) is 37.1 Å². The van der Waals surface area contributed by atoms with Crippen LogP contribution in [0.4, 0.5) is 0 Å². The molecule has 136 valence electrons. The molecular weight excluding hydrogens is 352 g/mol. The Hall–Kier alpha value is -1.10. The predicted molar refractivity (Wildman–Crippen MR) is 95.4 cm³/mol. The topological polar surface area (TPSA) is 127 Å². The van der Waals surface area contributed by atoms with E-state index in [0.717, 1.165) is 9.80 Å². The highest BCUT2D eigenvalue weighted by molar-refractivity contribution is 7.98. The zero-order valence-electron chi connectivity index (χ0n) is 13.9. The fourth-order valence-corrected chi connectivity index (χ4v) is 3.17. The smallest absolute Gasteiger partial charge is 0.319 e. The van der Waals surface area contributed by atoms with E-state index < -0.39 is 35.7 Å². The number of imide groups is 2. The SMILES string of the molecule is CSCC[C@H](N)C(=O)N1CCN(C(=O)[C@@H](N)CCSC)C(=O)C1=O. The molecule has 0 aromatic heterocycles. The van der Waals surface area contributed by atoms with Crippen molar-refractivity contribution in [2.24, 2.45) is 11.5 Å². The van der Waals surface area contributed by atoms with Crippen LogP contribution in [0.2, 0.25) is 0 Å². The fourth-order valence-electron chi connectivity index (χ4n) is 2.19. The molecule has 8 nitrogen and oxygen atoms in total. The normalized spacial score (nSPS) is 17.8. The standard InChI is InChI=1S/C14H24N4O4S2/c1-23-7-3-9(15)11(19)17-5-6-18(14(22)13(17)21)12(20)10(16)4-8-24-2/h9-10H,3-8,15-16H2,1-2H3/t9-,10-/m0/s1. The predicted octanol–water partition coefficient (Wildman–Crippen LogP) is -1.13. The summed E-state index contributed by atoms with van der Waals surface area (Å²) in [6.07, 6.45) is 4.60. The first kappa shape index (κ1) is 20.9. The van der Waals surface area contributed by atoms with E-state index in [1.807, 2.05) is 12.5 Å². The molecule has 2 atom stereocenters. The maximum atomic E-state index is 12.2. The molecule has 1 aliphatic rings. The third-order valence-corrected chi connectivity index (χ3v) is 4.94. The van der Waals surface area contributed by atoms with Gasteiger partial charge in [0.2, 0.25) is 11.8 Å². The van der Waals surface area contributed by atoms with Gasteiger partial charge in [0.15, 0.2) is 0 Å². The molecule has 0 unspecified atom stereocenters. The molecule has 1 aliphatic heterocycles. The number of rotatable bonds is 8. The van der Waals surface area contributed by atoms with Crippen molar-refractivity contribution < 1.29 is 19.2 Å². The molecule has 0 aromatic carbocycles. The molecular formula is C14H24N4O4S2. The Morgan fingerprint density at radius 3 is 1.54 bits per heavy atom. The zero-order valence-corrected chi connectivity index (χ0v) is 15.5. The van der Waals surface area contributed by atoms with Crippen LogP contribution in [-0.4, -0.2) is 82.6 Å². The Bertz CT molecular complexity index is 459. The molecule has 0 bridgehead atoms. The van der Waals surface area contributed by atoms with Crippen molar-refractivity contribution in [1.82, 2.24) is 9.80 Å². The summed E-state index contributed by atoms with van der Waals surface area (Å²) in [5.74, 6) is -1.84. The largest absolute Gasteiger partial charge is 0.320 e. The van der Waals surface area contributed by atoms with Gasteiger partial charge in [-0.3, -0.25) is 29.0 Å². The average molecular weight is 377 g/mol. The van der Waals surface area contributed by atoms with Gasteiger partial charge in [0.25, 0.3) is 0 Å². The number of nitrogens with zero attached hydrogens (tertiary/aromatic N) is 2. The maximum absolute atomic E-state index is 12.2. The second kappa shape index (κ2) is 10.0. The van der Waals surface area contributed by atoms with Crippen molar-refractivity contribution in [3.05, 3.63) is 0 Å². The van der Waals surface area contributed by atoms with Crippen LogP contribution in [0.5, 0.6) is 0 Å². The summed E-state index contributed by atoms with van der Waals surface area (Å²) >= 11 is 3.08. The van der Waals surface area contributed by atoms with E-state index >= 15 is 0 Å². The molecule has 1 saturated heterocycles. The van der Waals surface area contributed by atoms with Gasteiger partial charge in [-0.2, -0.15) is 23.5 Å². The van der Waals surface area contributed by atoms with Gasteiger partial charge in [-0.15, -0.1) is 0 Å². The summed E-state index contributed by atoms with van der Waals surface area (Å²) in [5.41, 5.74) is 11.5. The molecule has 0 spiro atoms. The molecule has 1 heterocycles. The lowest BCUT2D eigenvalue weighted by Crippen LogP contribution is -2.62. The first-order valence-corrected chi connectivity index (χ1v) is 10.3. The van der Waals surface area contributed by atoms with Gasteiger partial charge in [0.1, 0.15) is 0 Å². The van der Waals surface area contributed by atoms with E-state index in [1.165, 1.54) is 23.5 Å². The van der Waals surface area contributed by atoms with Crippen LogP contribution >= 0.6 is 23.5 Å². The van der Waals surface area contributed by atoms with Crippen molar-refractivity contribution in [3.63, 3.8) is 0 Å². The Balaban J connectivity index is 2.70. The summed E-state index contributed by atoms with van der Waals surface area (Å²) in [5, 5.41) is 0. The Labute approximate surface area is 150 Å². The molecule has 10 heteroatoms. The highest BCUT2D eigenvalue weighted by Gasteiger charge is 2.41. The molecule has 0 saturated carbocycles. The number of piperazine rings is 1. The second-order valence-electron chi connectivity index (χ2n) is 5.37. The Morgan fingerprint density at radius 1 is 0.917 bits per heavy atom. The minimum Gasteiger partial charge on any atom is -0.320 e. The second-order valence-corrected chi connectivity index (χ2v) is 7.34. The summed E-state index contributed by atoms with van der Waals surface area (Å²) in [7, 11) is 0. The number of nitrogens with two attached hydrogens (primary N) is 2. The lowest BCUT2D eigenvalue weighted by molar-refractivity contribution is -0.165. The summed E-state index contributed by atoms with van der Waals surface area (Å²) in [6, 6.07) is -1.67. The van der Waals surface area contributed by atoms with Crippen LogP contribution in [0.25, 0.3) is 0 Å². The molecule has 0 aromatic rings. The number of carbonyl (C=O) groups is 4. The van der Waals surface area contributed by atoms with E-state index in [9.17, 15) is 19.2 Å². The fraction of sp³-hybridized carbons (Fsp3) is 0.714. The van der Waals surface area contributed by atoms with Gasteiger partial charge in [0.05, 0.1) is 12.1 Å². The number of hydrogen-bond donors (Lipinski definition) is 2. The monoisotopic (exact) mass is 376 g/mol. The molecule has 4 amide bonds. The van der Waals surface area contributed by atoms with E-state index in [0.29, 0.717) is 24.3 Å². The Kier molecular flexibility index (Phi) is 8.74. The van der Waals surface area contributed by atoms with Crippen LogP contribution in [0, 0.1) is 0 Å². The van der Waals surface area contributed by atoms with E-state index in [1.54, 1.807) is 0 Å². The van der Waals surface area contributed by atoms with Crippen molar-refractivity contribution in [2.45, 2.75) is 24.9 Å². The zero-order chi connectivity index (χ0) is 18.3. The minimum atomic E-state index is -1.02. The summed E-state index contributed by atoms with van der Waals surface area (Å²) < 4.78 is 0. The van der Waals surface area contributed by atoms with E-state index in [2.05, 4.69) is 0 Å². The van der Waals surface area contributed by atoms with E-state index in [4.69, 9.17) is 11.5 Å². The third kappa shape index (κ3) is 5.20. The number of carbonyl (C=O) groups excluding carboxylic acids is 4. The number of hydrogen-bond acceptors (Lipinski definition) is 8. The number of amides is 4. The van der Waals surface area contributed by atoms with Crippen molar-refractivity contribution >= 4 is 47.2 Å². The maximum Gasteiger partial charge on any atom is 0.319 e. The first-order valence-electron chi connectivity index (χ1n) is 7.55. The van der Waals surface area contributed by atoms with Crippen LogP contribution in [0.3, 0.4) is 0 Å². The highest BCUT2D eigenvalue weighted by atomic mass is 32.2. The van der Waals surface area contributed by atoms with Crippen LogP contribution < -0.4 is 11.5 Å². The highest BCUT2D eigenvalue weighted by Crippen LogP contribution is 2.11. The Morgan fingerprint density at radius 2 is 1.25 bits per heavy atom. The quantitative estimate of drug-likeness (QED) is 0.510.